The average Bonchev–Trinajstić information content (AvgIpc) is 3.40. The molecule has 3 aromatic carbocycles. The first-order valence-corrected chi connectivity index (χ1v) is 15.6. The summed E-state index contributed by atoms with van der Waals surface area (Å²) in [6.45, 7) is 13.5. The van der Waals surface area contributed by atoms with Crippen molar-refractivity contribution < 1.29 is 14.6 Å². The third kappa shape index (κ3) is 9.44. The molecule has 1 amide bonds. The fraction of sp³-hybridized carbons (Fsp3) is 0.432. The zero-order valence-corrected chi connectivity index (χ0v) is 26.6. The Hall–Kier alpha value is -3.61. The summed E-state index contributed by atoms with van der Waals surface area (Å²) in [4.78, 5) is 21.4. The molecule has 1 aromatic heterocycles. The minimum Gasteiger partial charge on any atom is -0.491 e. The van der Waals surface area contributed by atoms with Crippen molar-refractivity contribution in [2.24, 2.45) is 0 Å². The number of ether oxygens (including phenoxy) is 1. The van der Waals surface area contributed by atoms with E-state index in [0.29, 0.717) is 19.6 Å². The number of H-pyrrole nitrogens is 1. The van der Waals surface area contributed by atoms with Crippen LogP contribution in [-0.2, 0) is 23.2 Å². The van der Waals surface area contributed by atoms with Crippen LogP contribution in [0.25, 0.3) is 10.9 Å². The number of unbranched alkanes of at least 4 members (excludes halogenated alkanes) is 1. The number of fused-ring (bicyclic) bond motifs is 1. The Morgan fingerprint density at radius 1 is 0.977 bits per heavy atom. The predicted molar refractivity (Wildman–Crippen MR) is 177 cm³/mol. The van der Waals surface area contributed by atoms with Crippen LogP contribution in [0.2, 0.25) is 0 Å². The maximum atomic E-state index is 13.9. The van der Waals surface area contributed by atoms with Crippen molar-refractivity contribution >= 4 is 16.8 Å². The Morgan fingerprint density at radius 2 is 1.70 bits per heavy atom. The van der Waals surface area contributed by atoms with Crippen molar-refractivity contribution in [3.63, 3.8) is 0 Å². The zero-order valence-electron chi connectivity index (χ0n) is 26.6. The van der Waals surface area contributed by atoms with Gasteiger partial charge in [0.2, 0.25) is 5.91 Å². The van der Waals surface area contributed by atoms with Crippen LogP contribution in [0.3, 0.4) is 0 Å². The van der Waals surface area contributed by atoms with Gasteiger partial charge in [-0.3, -0.25) is 9.69 Å². The molecule has 230 valence electrons. The molecule has 0 saturated carbocycles. The quantitative estimate of drug-likeness (QED) is 0.160. The van der Waals surface area contributed by atoms with Gasteiger partial charge in [-0.05, 0) is 66.1 Å². The van der Waals surface area contributed by atoms with Crippen molar-refractivity contribution in [2.75, 3.05) is 32.8 Å². The molecular weight excluding hydrogens is 534 g/mol. The molecule has 0 bridgehead atoms. The Morgan fingerprint density at radius 3 is 2.42 bits per heavy atom. The number of benzene rings is 3. The molecule has 43 heavy (non-hydrogen) atoms. The van der Waals surface area contributed by atoms with Crippen molar-refractivity contribution in [3.8, 4) is 5.75 Å². The minimum absolute atomic E-state index is 0.0721. The number of carbonyl (C=O) groups excluding carboxylic acids is 1. The molecule has 4 aromatic rings. The van der Waals surface area contributed by atoms with E-state index in [1.54, 1.807) is 0 Å². The van der Waals surface area contributed by atoms with Gasteiger partial charge in [0.15, 0.2) is 0 Å². The van der Waals surface area contributed by atoms with Gasteiger partial charge >= 0.3 is 0 Å². The van der Waals surface area contributed by atoms with Crippen LogP contribution in [0, 0.1) is 6.92 Å². The van der Waals surface area contributed by atoms with E-state index in [4.69, 9.17) is 4.74 Å². The number of carbonyl (C=O) groups is 1. The fourth-order valence-electron chi connectivity index (χ4n) is 5.38. The van der Waals surface area contributed by atoms with Gasteiger partial charge in [0.05, 0.1) is 6.54 Å². The molecule has 2 N–H and O–H groups in total. The number of amides is 1. The Balaban J connectivity index is 1.46. The molecule has 0 fully saturated rings. The first kappa shape index (κ1) is 32.3. The van der Waals surface area contributed by atoms with Gasteiger partial charge in [-0.25, -0.2) is 0 Å². The SMILES string of the molecule is CCCCN(CC(=O)N(CCc1c[nH]c2ccccc12)Cc1ccc(C(C)(C)C)cc1)CC(O)COc1ccccc1C. The molecule has 0 aliphatic rings. The third-order valence-electron chi connectivity index (χ3n) is 8.05. The molecule has 6 nitrogen and oxygen atoms in total. The Kier molecular flexibility index (Phi) is 11.4. The molecule has 4 rings (SSSR count). The van der Waals surface area contributed by atoms with Crippen molar-refractivity contribution in [2.45, 2.75) is 71.9 Å². The highest BCUT2D eigenvalue weighted by Crippen LogP contribution is 2.23. The second kappa shape index (κ2) is 15.2. The maximum Gasteiger partial charge on any atom is 0.237 e. The van der Waals surface area contributed by atoms with Gasteiger partial charge in [-0.15, -0.1) is 0 Å². The molecule has 0 aliphatic heterocycles. The van der Waals surface area contributed by atoms with E-state index in [0.717, 1.165) is 48.2 Å². The van der Waals surface area contributed by atoms with E-state index in [9.17, 15) is 9.90 Å². The van der Waals surface area contributed by atoms with E-state index >= 15 is 0 Å². The van der Waals surface area contributed by atoms with E-state index in [1.165, 1.54) is 16.5 Å². The predicted octanol–water partition coefficient (Wildman–Crippen LogP) is 6.89. The number of nitrogens with one attached hydrogen (secondary N) is 1. The van der Waals surface area contributed by atoms with E-state index < -0.39 is 6.10 Å². The molecule has 0 aliphatic carbocycles. The molecule has 0 spiro atoms. The fourth-order valence-corrected chi connectivity index (χ4v) is 5.38. The van der Waals surface area contributed by atoms with Crippen LogP contribution in [0.5, 0.6) is 5.75 Å². The highest BCUT2D eigenvalue weighted by molar-refractivity contribution is 5.83. The lowest BCUT2D eigenvalue weighted by molar-refractivity contribution is -0.133. The minimum atomic E-state index is -0.700. The first-order chi connectivity index (χ1) is 20.6. The van der Waals surface area contributed by atoms with Crippen LogP contribution in [0.4, 0.5) is 0 Å². The number of aromatic nitrogens is 1. The third-order valence-corrected chi connectivity index (χ3v) is 8.05. The number of aliphatic hydroxyl groups is 1. The second-order valence-corrected chi connectivity index (χ2v) is 12.7. The van der Waals surface area contributed by atoms with Crippen LogP contribution in [0.15, 0.2) is 79.0 Å². The van der Waals surface area contributed by atoms with Gasteiger partial charge in [0, 0.05) is 36.7 Å². The standard InChI is InChI=1S/C37H49N3O3/c1-6-7-21-39(25-32(41)27-43-35-15-11-8-12-28(35)2)26-36(42)40(24-29-16-18-31(19-17-29)37(3,4)5)22-20-30-23-38-34-14-10-9-13-33(30)34/h8-19,23,32,38,41H,6-7,20-22,24-27H2,1-5H3. The van der Waals surface area contributed by atoms with Gasteiger partial charge in [-0.2, -0.15) is 0 Å². The summed E-state index contributed by atoms with van der Waals surface area (Å²) in [7, 11) is 0. The van der Waals surface area contributed by atoms with Crippen LogP contribution < -0.4 is 4.74 Å². The van der Waals surface area contributed by atoms with Crippen molar-refractivity contribution in [1.29, 1.82) is 0 Å². The normalized spacial score (nSPS) is 12.5. The number of rotatable bonds is 15. The summed E-state index contributed by atoms with van der Waals surface area (Å²) in [5, 5.41) is 12.1. The lowest BCUT2D eigenvalue weighted by Crippen LogP contribution is -2.44. The number of hydrogen-bond donors (Lipinski definition) is 2. The van der Waals surface area contributed by atoms with E-state index in [-0.39, 0.29) is 24.5 Å². The van der Waals surface area contributed by atoms with Gasteiger partial charge in [0.25, 0.3) is 0 Å². The van der Waals surface area contributed by atoms with Crippen molar-refractivity contribution in [3.05, 3.63) is 101 Å². The summed E-state index contributed by atoms with van der Waals surface area (Å²) >= 11 is 0. The summed E-state index contributed by atoms with van der Waals surface area (Å²) in [5.74, 6) is 0.849. The highest BCUT2D eigenvalue weighted by Gasteiger charge is 2.21. The molecular formula is C37H49N3O3. The Labute approximate surface area is 257 Å². The number of hydrogen-bond acceptors (Lipinski definition) is 4. The summed E-state index contributed by atoms with van der Waals surface area (Å²) in [6, 6.07) is 24.8. The largest absolute Gasteiger partial charge is 0.491 e. The summed E-state index contributed by atoms with van der Waals surface area (Å²) < 4.78 is 5.91. The first-order valence-electron chi connectivity index (χ1n) is 15.6. The van der Waals surface area contributed by atoms with Crippen LogP contribution in [0.1, 0.15) is 62.8 Å². The highest BCUT2D eigenvalue weighted by atomic mass is 16.5. The number of para-hydroxylation sites is 2. The Bertz CT molecular complexity index is 1440. The monoisotopic (exact) mass is 583 g/mol. The number of aromatic amines is 1. The van der Waals surface area contributed by atoms with Crippen LogP contribution in [-0.4, -0.2) is 64.7 Å². The summed E-state index contributed by atoms with van der Waals surface area (Å²) in [5.41, 5.74) is 5.83. The van der Waals surface area contributed by atoms with Gasteiger partial charge in [-0.1, -0.05) is 94.8 Å². The molecule has 6 heteroatoms. The second-order valence-electron chi connectivity index (χ2n) is 12.7. The molecule has 1 atom stereocenters. The number of nitrogens with zero attached hydrogens (tertiary/aromatic N) is 2. The smallest absolute Gasteiger partial charge is 0.237 e. The topological polar surface area (TPSA) is 68.8 Å². The van der Waals surface area contributed by atoms with Gasteiger partial charge in [0.1, 0.15) is 18.5 Å². The number of aryl methyl sites for hydroxylation is 1. The average molecular weight is 584 g/mol. The zero-order chi connectivity index (χ0) is 30.8. The van der Waals surface area contributed by atoms with Crippen LogP contribution >= 0.6 is 0 Å². The van der Waals surface area contributed by atoms with Gasteiger partial charge < -0.3 is 19.7 Å². The van der Waals surface area contributed by atoms with E-state index in [1.807, 2.05) is 42.2 Å². The molecule has 1 unspecified atom stereocenters. The lowest BCUT2D eigenvalue weighted by Gasteiger charge is -2.29. The lowest BCUT2D eigenvalue weighted by atomic mass is 9.87. The van der Waals surface area contributed by atoms with Crippen molar-refractivity contribution in [1.82, 2.24) is 14.8 Å². The molecule has 0 radical (unpaired) electrons. The molecule has 1 heterocycles. The van der Waals surface area contributed by atoms with E-state index in [2.05, 4.69) is 86.2 Å². The maximum absolute atomic E-state index is 13.9. The molecule has 0 saturated heterocycles. The number of aliphatic hydroxyl groups excluding tert-OH is 1. The summed E-state index contributed by atoms with van der Waals surface area (Å²) in [6.07, 6.45) is 4.10.